The number of guanidine groups is 1. The van der Waals surface area contributed by atoms with Crippen molar-refractivity contribution in [3.05, 3.63) is 46.2 Å². The third kappa shape index (κ3) is 4.68. The molecule has 0 fully saturated rings. The Morgan fingerprint density at radius 3 is 2.81 bits per heavy atom. The van der Waals surface area contributed by atoms with Crippen molar-refractivity contribution in [1.82, 2.24) is 15.5 Å². The fourth-order valence-corrected chi connectivity index (χ4v) is 3.78. The fraction of sp³-hybridized carbons (Fsp3) is 0.421. The number of thiophene rings is 1. The molecule has 2 aromatic rings. The highest BCUT2D eigenvalue weighted by Crippen LogP contribution is 2.32. The summed E-state index contributed by atoms with van der Waals surface area (Å²) < 4.78 is 10.8. The molecule has 0 saturated heterocycles. The average molecular weight is 375 g/mol. The Kier molecular flexibility index (Phi) is 6.35. The molecule has 1 aromatic heterocycles. The van der Waals surface area contributed by atoms with Crippen LogP contribution in [-0.2, 0) is 6.42 Å². The van der Waals surface area contributed by atoms with Gasteiger partial charge in [-0.1, -0.05) is 12.1 Å². The molecule has 0 radical (unpaired) electrons. The van der Waals surface area contributed by atoms with E-state index in [-0.39, 0.29) is 0 Å². The second-order valence-electron chi connectivity index (χ2n) is 6.31. The van der Waals surface area contributed by atoms with Crippen molar-refractivity contribution in [1.29, 1.82) is 0 Å². The SMILES string of the molecule is CN=C(NCCc1ccc2c(c1)OCO2)NCC(c1cccs1)N(C)C. The van der Waals surface area contributed by atoms with Gasteiger partial charge < -0.3 is 25.0 Å². The summed E-state index contributed by atoms with van der Waals surface area (Å²) in [6.07, 6.45) is 0.888. The molecule has 2 N–H and O–H groups in total. The molecule has 1 atom stereocenters. The van der Waals surface area contributed by atoms with Crippen LogP contribution in [0.2, 0.25) is 0 Å². The number of fused-ring (bicyclic) bond motifs is 1. The number of ether oxygens (including phenoxy) is 2. The number of hydrogen-bond acceptors (Lipinski definition) is 5. The molecule has 26 heavy (non-hydrogen) atoms. The van der Waals surface area contributed by atoms with E-state index in [4.69, 9.17) is 9.47 Å². The predicted molar refractivity (Wildman–Crippen MR) is 106 cm³/mol. The maximum Gasteiger partial charge on any atom is 0.231 e. The Labute approximate surface area is 158 Å². The predicted octanol–water partition coefficient (Wildman–Crippen LogP) is 2.49. The first kappa shape index (κ1) is 18.5. The van der Waals surface area contributed by atoms with E-state index in [1.165, 1.54) is 10.4 Å². The van der Waals surface area contributed by atoms with Crippen molar-refractivity contribution in [3.8, 4) is 11.5 Å². The van der Waals surface area contributed by atoms with Crippen molar-refractivity contribution in [2.24, 2.45) is 4.99 Å². The number of nitrogens with one attached hydrogen (secondary N) is 2. The van der Waals surface area contributed by atoms with Crippen molar-refractivity contribution in [2.75, 3.05) is 41.0 Å². The van der Waals surface area contributed by atoms with E-state index in [0.29, 0.717) is 12.8 Å². The van der Waals surface area contributed by atoms with E-state index in [0.717, 1.165) is 37.0 Å². The van der Waals surface area contributed by atoms with Gasteiger partial charge in [-0.2, -0.15) is 0 Å². The lowest BCUT2D eigenvalue weighted by Gasteiger charge is -2.24. The maximum absolute atomic E-state index is 5.43. The lowest BCUT2D eigenvalue weighted by molar-refractivity contribution is 0.174. The number of aliphatic imine (C=N–C) groups is 1. The molecular formula is C19H26N4O2S. The number of rotatable bonds is 7. The molecule has 6 nitrogen and oxygen atoms in total. The van der Waals surface area contributed by atoms with Crippen LogP contribution in [0, 0.1) is 0 Å². The van der Waals surface area contributed by atoms with Crippen LogP contribution in [-0.4, -0.2) is 51.9 Å². The Hall–Kier alpha value is -2.25. The monoisotopic (exact) mass is 374 g/mol. The Morgan fingerprint density at radius 2 is 2.08 bits per heavy atom. The normalized spacial score (nSPS) is 14.5. The van der Waals surface area contributed by atoms with E-state index in [9.17, 15) is 0 Å². The molecule has 0 saturated carbocycles. The molecule has 140 valence electrons. The largest absolute Gasteiger partial charge is 0.454 e. The minimum atomic E-state index is 0.310. The summed E-state index contributed by atoms with van der Waals surface area (Å²) in [6.45, 7) is 1.91. The summed E-state index contributed by atoms with van der Waals surface area (Å²) in [6, 6.07) is 10.7. The first-order valence-electron chi connectivity index (χ1n) is 8.70. The lowest BCUT2D eigenvalue weighted by Crippen LogP contribution is -2.42. The molecule has 1 aliphatic heterocycles. The molecule has 7 heteroatoms. The summed E-state index contributed by atoms with van der Waals surface area (Å²) in [5.41, 5.74) is 1.21. The second-order valence-corrected chi connectivity index (χ2v) is 7.29. The molecule has 0 aliphatic carbocycles. The van der Waals surface area contributed by atoms with Crippen LogP contribution >= 0.6 is 11.3 Å². The number of likely N-dealkylation sites (N-methyl/N-ethyl adjacent to an activating group) is 1. The summed E-state index contributed by atoms with van der Waals surface area (Å²) in [7, 11) is 6.00. The average Bonchev–Trinajstić information content (AvgIpc) is 3.31. The van der Waals surface area contributed by atoms with E-state index < -0.39 is 0 Å². The Bertz CT molecular complexity index is 731. The standard InChI is InChI=1S/C19H26N4O2S/c1-20-19(22-12-15(23(2)3)18-5-4-10-26-18)21-9-8-14-6-7-16-17(11-14)25-13-24-16/h4-7,10-11,15H,8-9,12-13H2,1-3H3,(H2,20,21,22). The van der Waals surface area contributed by atoms with Crippen LogP contribution < -0.4 is 20.1 Å². The minimum Gasteiger partial charge on any atom is -0.454 e. The third-order valence-corrected chi connectivity index (χ3v) is 5.30. The zero-order valence-electron chi connectivity index (χ0n) is 15.5. The first-order valence-corrected chi connectivity index (χ1v) is 9.58. The molecular weight excluding hydrogens is 348 g/mol. The van der Waals surface area contributed by atoms with Gasteiger partial charge in [0.2, 0.25) is 6.79 Å². The fourth-order valence-electron chi connectivity index (χ4n) is 2.85. The van der Waals surface area contributed by atoms with E-state index in [1.807, 2.05) is 12.1 Å². The zero-order valence-corrected chi connectivity index (χ0v) is 16.3. The molecule has 0 spiro atoms. The van der Waals surface area contributed by atoms with Crippen LogP contribution in [0.3, 0.4) is 0 Å². The summed E-state index contributed by atoms with van der Waals surface area (Å²) in [4.78, 5) is 7.89. The highest BCUT2D eigenvalue weighted by atomic mass is 32.1. The van der Waals surface area contributed by atoms with Crippen molar-refractivity contribution < 1.29 is 9.47 Å². The van der Waals surface area contributed by atoms with E-state index in [2.05, 4.69) is 58.2 Å². The molecule has 0 amide bonds. The van der Waals surface area contributed by atoms with Gasteiger partial charge in [-0.05, 0) is 49.7 Å². The zero-order chi connectivity index (χ0) is 18.4. The topological polar surface area (TPSA) is 58.1 Å². The van der Waals surface area contributed by atoms with Crippen LogP contribution in [0.4, 0.5) is 0 Å². The van der Waals surface area contributed by atoms with Gasteiger partial charge in [0.05, 0.1) is 6.04 Å². The summed E-state index contributed by atoms with van der Waals surface area (Å²) in [5, 5.41) is 8.92. The van der Waals surface area contributed by atoms with Gasteiger partial charge in [-0.15, -0.1) is 11.3 Å². The Morgan fingerprint density at radius 1 is 1.23 bits per heavy atom. The van der Waals surface area contributed by atoms with Gasteiger partial charge in [-0.3, -0.25) is 4.99 Å². The minimum absolute atomic E-state index is 0.310. The van der Waals surface area contributed by atoms with Crippen LogP contribution in [0.15, 0.2) is 40.7 Å². The van der Waals surface area contributed by atoms with Gasteiger partial charge in [0.1, 0.15) is 0 Å². The van der Waals surface area contributed by atoms with Gasteiger partial charge in [-0.25, -0.2) is 0 Å². The van der Waals surface area contributed by atoms with E-state index >= 15 is 0 Å². The highest BCUT2D eigenvalue weighted by Gasteiger charge is 2.16. The van der Waals surface area contributed by atoms with Gasteiger partial charge in [0, 0.05) is 25.0 Å². The molecule has 0 bridgehead atoms. The quantitative estimate of drug-likeness (QED) is 0.576. The lowest BCUT2D eigenvalue weighted by atomic mass is 10.1. The summed E-state index contributed by atoms with van der Waals surface area (Å²) >= 11 is 1.78. The number of hydrogen-bond donors (Lipinski definition) is 2. The molecule has 1 unspecified atom stereocenters. The molecule has 1 aromatic carbocycles. The van der Waals surface area contributed by atoms with Gasteiger partial charge in [0.15, 0.2) is 17.5 Å². The van der Waals surface area contributed by atoms with Gasteiger partial charge in [0.25, 0.3) is 0 Å². The summed E-state index contributed by atoms with van der Waals surface area (Å²) in [5.74, 6) is 2.46. The van der Waals surface area contributed by atoms with Crippen LogP contribution in [0.5, 0.6) is 11.5 Å². The first-order chi connectivity index (χ1) is 12.7. The molecule has 2 heterocycles. The van der Waals surface area contributed by atoms with Crippen LogP contribution in [0.25, 0.3) is 0 Å². The molecule has 3 rings (SSSR count). The smallest absolute Gasteiger partial charge is 0.231 e. The highest BCUT2D eigenvalue weighted by molar-refractivity contribution is 7.10. The van der Waals surface area contributed by atoms with E-state index in [1.54, 1.807) is 18.4 Å². The maximum atomic E-state index is 5.43. The second kappa shape index (κ2) is 8.91. The number of benzene rings is 1. The Balaban J connectivity index is 1.47. The van der Waals surface area contributed by atoms with Crippen molar-refractivity contribution in [2.45, 2.75) is 12.5 Å². The van der Waals surface area contributed by atoms with Crippen LogP contribution in [0.1, 0.15) is 16.5 Å². The number of nitrogens with zero attached hydrogens (tertiary/aromatic N) is 2. The molecule has 1 aliphatic rings. The van der Waals surface area contributed by atoms with Crippen molar-refractivity contribution in [3.63, 3.8) is 0 Å². The third-order valence-electron chi connectivity index (χ3n) is 4.32. The van der Waals surface area contributed by atoms with Gasteiger partial charge >= 0.3 is 0 Å². The van der Waals surface area contributed by atoms with Crippen molar-refractivity contribution >= 4 is 17.3 Å².